The van der Waals surface area contributed by atoms with Gasteiger partial charge in [-0.3, -0.25) is 14.0 Å². The summed E-state index contributed by atoms with van der Waals surface area (Å²) in [6.07, 6.45) is 6.28. The van der Waals surface area contributed by atoms with Crippen molar-refractivity contribution in [1.29, 1.82) is 0 Å². The highest BCUT2D eigenvalue weighted by atomic mass is 35.5. The lowest BCUT2D eigenvalue weighted by Crippen LogP contribution is -2.43. The number of amides is 1. The Balaban J connectivity index is 1.29. The number of halogens is 1. The zero-order valence-electron chi connectivity index (χ0n) is 30.9. The quantitative estimate of drug-likeness (QED) is 0.108. The fourth-order valence-electron chi connectivity index (χ4n) is 6.71. The van der Waals surface area contributed by atoms with Crippen molar-refractivity contribution >= 4 is 59.5 Å². The molecule has 20 heteroatoms. The molecule has 53 heavy (non-hydrogen) atoms. The lowest BCUT2D eigenvalue weighted by molar-refractivity contribution is -0.204. The minimum absolute atomic E-state index is 0.0749. The molecule has 3 aromatic heterocycles. The predicted molar refractivity (Wildman–Crippen MR) is 196 cm³/mol. The zero-order valence-corrected chi connectivity index (χ0v) is 33.3. The number of carbonyl (C=O) groups is 1. The molecule has 1 saturated carbocycles. The first-order chi connectivity index (χ1) is 25.1. The topological polar surface area (TPSA) is 173 Å². The van der Waals surface area contributed by atoms with Gasteiger partial charge in [0, 0.05) is 18.4 Å². The van der Waals surface area contributed by atoms with Crippen LogP contribution in [0.25, 0.3) is 11.0 Å². The number of hydrogen-bond acceptors (Lipinski definition) is 15. The van der Waals surface area contributed by atoms with E-state index in [0.29, 0.717) is 16.9 Å². The highest BCUT2D eigenvalue weighted by Gasteiger charge is 2.57. The number of aromatic nitrogens is 6. The third kappa shape index (κ3) is 8.86. The van der Waals surface area contributed by atoms with E-state index in [1.165, 1.54) is 10.9 Å². The maximum atomic E-state index is 14.0. The summed E-state index contributed by atoms with van der Waals surface area (Å²) in [5.41, 5.74) is -0.415. The van der Waals surface area contributed by atoms with E-state index in [9.17, 15) is 9.36 Å². The minimum atomic E-state index is -3.87. The first-order valence-corrected chi connectivity index (χ1v) is 20.1. The van der Waals surface area contributed by atoms with Gasteiger partial charge in [0.15, 0.2) is 29.3 Å². The van der Waals surface area contributed by atoms with Crippen molar-refractivity contribution in [2.75, 3.05) is 31.3 Å². The van der Waals surface area contributed by atoms with Gasteiger partial charge in [-0.15, -0.1) is 0 Å². The van der Waals surface area contributed by atoms with Gasteiger partial charge in [0.25, 0.3) is 5.17 Å². The van der Waals surface area contributed by atoms with E-state index in [4.69, 9.17) is 61.3 Å². The number of nitrogens with zero attached hydrogens (tertiary/aromatic N) is 7. The van der Waals surface area contributed by atoms with Crippen LogP contribution in [0.3, 0.4) is 0 Å². The molecule has 1 amide bonds. The van der Waals surface area contributed by atoms with Gasteiger partial charge < -0.3 is 37.5 Å². The van der Waals surface area contributed by atoms with Crippen LogP contribution >= 0.6 is 31.4 Å². The van der Waals surface area contributed by atoms with Gasteiger partial charge in [-0.05, 0) is 85.1 Å². The molecule has 0 N–H and O–H groups in total. The van der Waals surface area contributed by atoms with Crippen LogP contribution in [-0.2, 0) is 42.0 Å². The normalized spacial score (nSPS) is 23.7. The summed E-state index contributed by atoms with van der Waals surface area (Å²) in [5, 5.41) is 5.14. The van der Waals surface area contributed by atoms with E-state index in [1.807, 2.05) is 20.8 Å². The Morgan fingerprint density at radius 1 is 1.15 bits per heavy atom. The Hall–Kier alpha value is -2.80. The summed E-state index contributed by atoms with van der Waals surface area (Å²) in [6.45, 7) is 12.3. The number of thiocarbonyl (C=S) groups is 1. The number of anilines is 1. The fourth-order valence-corrected chi connectivity index (χ4v) is 8.70. The first kappa shape index (κ1) is 39.9. The zero-order chi connectivity index (χ0) is 38.1. The van der Waals surface area contributed by atoms with Crippen LogP contribution in [-0.4, -0.2) is 109 Å². The van der Waals surface area contributed by atoms with Crippen molar-refractivity contribution in [3.8, 4) is 0 Å². The fraction of sp³-hybridized carbons (Fsp3) is 0.697. The molecule has 5 heterocycles. The van der Waals surface area contributed by atoms with Crippen molar-refractivity contribution in [3.63, 3.8) is 0 Å². The van der Waals surface area contributed by atoms with E-state index in [-0.39, 0.29) is 42.9 Å². The van der Waals surface area contributed by atoms with Crippen molar-refractivity contribution in [3.05, 3.63) is 30.2 Å². The van der Waals surface area contributed by atoms with Crippen molar-refractivity contribution < 1.29 is 46.8 Å². The van der Waals surface area contributed by atoms with Crippen molar-refractivity contribution in [1.82, 2.24) is 29.3 Å². The molecular formula is C33H47ClN7O10PS. The van der Waals surface area contributed by atoms with Crippen LogP contribution in [0.1, 0.15) is 80.4 Å². The molecule has 3 aromatic rings. The maximum Gasteiger partial charge on any atom is 0.416 e. The summed E-state index contributed by atoms with van der Waals surface area (Å²) in [6, 6.07) is -0.140. The minimum Gasteiger partial charge on any atom is -0.467 e. The third-order valence-corrected chi connectivity index (χ3v) is 11.5. The van der Waals surface area contributed by atoms with E-state index < -0.39 is 55.5 Å². The van der Waals surface area contributed by atoms with Gasteiger partial charge >= 0.3 is 13.7 Å². The van der Waals surface area contributed by atoms with Gasteiger partial charge in [-0.2, -0.15) is 15.1 Å². The van der Waals surface area contributed by atoms with Crippen molar-refractivity contribution in [2.45, 2.75) is 122 Å². The molecule has 0 radical (unpaired) electrons. The van der Waals surface area contributed by atoms with Crippen LogP contribution in [0.5, 0.6) is 0 Å². The van der Waals surface area contributed by atoms with Crippen LogP contribution in [0.4, 0.5) is 10.6 Å². The molecule has 0 spiro atoms. The summed E-state index contributed by atoms with van der Waals surface area (Å²) >= 11 is 11.9. The Morgan fingerprint density at radius 3 is 2.49 bits per heavy atom. The average Bonchev–Trinajstić information content (AvgIpc) is 3.91. The van der Waals surface area contributed by atoms with E-state index in [0.717, 1.165) is 25.7 Å². The number of fused-ring (bicyclic) bond motifs is 2. The van der Waals surface area contributed by atoms with Gasteiger partial charge in [0.2, 0.25) is 5.28 Å². The van der Waals surface area contributed by atoms with Gasteiger partial charge in [-0.25, -0.2) is 14.5 Å². The van der Waals surface area contributed by atoms with E-state index in [1.54, 1.807) is 55.9 Å². The Bertz CT molecular complexity index is 1790. The summed E-state index contributed by atoms with van der Waals surface area (Å²) in [7, 11) is -3.87. The molecule has 1 unspecified atom stereocenters. The van der Waals surface area contributed by atoms with Gasteiger partial charge in [0.1, 0.15) is 36.8 Å². The smallest absolute Gasteiger partial charge is 0.416 e. The molecule has 0 bridgehead atoms. The average molecular weight is 800 g/mol. The van der Waals surface area contributed by atoms with E-state index >= 15 is 0 Å². The van der Waals surface area contributed by atoms with Crippen LogP contribution < -0.4 is 4.90 Å². The Kier molecular flexibility index (Phi) is 12.1. The number of hydrogen-bond donors (Lipinski definition) is 0. The first-order valence-electron chi connectivity index (χ1n) is 17.7. The van der Waals surface area contributed by atoms with Gasteiger partial charge in [-0.1, -0.05) is 12.8 Å². The molecule has 3 fully saturated rings. The summed E-state index contributed by atoms with van der Waals surface area (Å²) in [4.78, 5) is 28.3. The number of rotatable bonds is 13. The van der Waals surface area contributed by atoms with Crippen LogP contribution in [0, 0.1) is 0 Å². The monoisotopic (exact) mass is 799 g/mol. The van der Waals surface area contributed by atoms with Crippen LogP contribution in [0.2, 0.25) is 5.28 Å². The maximum absolute atomic E-state index is 14.0. The molecule has 0 aromatic carbocycles. The van der Waals surface area contributed by atoms with E-state index in [2.05, 4.69) is 20.1 Å². The summed E-state index contributed by atoms with van der Waals surface area (Å²) in [5.74, 6) is -1.88. The largest absolute Gasteiger partial charge is 0.467 e. The highest BCUT2D eigenvalue weighted by Crippen LogP contribution is 2.54. The highest BCUT2D eigenvalue weighted by molar-refractivity contribution is 7.80. The standard InChI is InChI=1S/C33H47ClN7O10PS/c1-8-46-52(43,47-9-2)23(18-45-31(53)39-15-14-35-19-39)44-17-22-24-25(50-33(6,7)49-24)28(48-22)41-27-21(16-36-41)26(37-29(34)38-27)40(20-12-10-11-13-20)30(42)51-32(3,4)5/h14-16,19-20,22-25,28H,8-13,17-18H2,1-7H3/t22-,23?,24-,25-,28-/m1/s1. The van der Waals surface area contributed by atoms with Crippen LogP contribution in [0.15, 0.2) is 24.9 Å². The predicted octanol–water partition coefficient (Wildman–Crippen LogP) is 6.24. The number of carbonyl (C=O) groups excluding carboxylic acids is 1. The molecule has 6 rings (SSSR count). The molecule has 292 valence electrons. The summed E-state index contributed by atoms with van der Waals surface area (Å²) < 4.78 is 65.4. The molecule has 17 nitrogen and oxygen atoms in total. The second-order valence-corrected chi connectivity index (χ2v) is 17.1. The Labute approximate surface area is 318 Å². The molecule has 5 atom stereocenters. The third-order valence-electron chi connectivity index (χ3n) is 8.77. The molecule has 3 aliphatic rings. The van der Waals surface area contributed by atoms with Crippen molar-refractivity contribution in [2.24, 2.45) is 0 Å². The lowest BCUT2D eigenvalue weighted by Gasteiger charge is -2.31. The molecule has 1 aliphatic carbocycles. The Morgan fingerprint density at radius 2 is 1.85 bits per heavy atom. The second-order valence-electron chi connectivity index (χ2n) is 14.3. The SMILES string of the molecule is CCOP(=O)(OCC)C(COC(=S)n1ccnc1)OC[C@H]1O[C@@H](n2ncc3c(N(C(=O)OC(C)(C)C)C4CCCC4)nc(Cl)nc32)[C@@H]2OC(C)(C)O[C@@H]21. The van der Waals surface area contributed by atoms with Gasteiger partial charge in [0.05, 0.1) is 31.4 Å². The number of ether oxygens (including phenoxy) is 6. The molecule has 2 aliphatic heterocycles. The lowest BCUT2D eigenvalue weighted by atomic mass is 10.1. The second kappa shape index (κ2) is 16.1. The molecular weight excluding hydrogens is 753 g/mol. The molecule has 2 saturated heterocycles. The number of imidazole rings is 1.